The molecule has 0 radical (unpaired) electrons. The second kappa shape index (κ2) is 2.87. The fourth-order valence-corrected chi connectivity index (χ4v) is 0.953. The number of rotatable bonds is 2. The van der Waals surface area contributed by atoms with E-state index in [-0.39, 0.29) is 11.1 Å². The summed E-state index contributed by atoms with van der Waals surface area (Å²) < 4.78 is 0. The van der Waals surface area contributed by atoms with Crippen molar-refractivity contribution in [2.75, 3.05) is 0 Å². The van der Waals surface area contributed by atoms with Gasteiger partial charge in [-0.3, -0.25) is 14.4 Å². The summed E-state index contributed by atoms with van der Waals surface area (Å²) in [6.45, 7) is 0. The van der Waals surface area contributed by atoms with Crippen molar-refractivity contribution >= 4 is 17.6 Å². The molecule has 0 saturated heterocycles. The first-order valence-electron chi connectivity index (χ1n) is 3.55. The quantitative estimate of drug-likeness (QED) is 0.585. The van der Waals surface area contributed by atoms with E-state index in [0.29, 0.717) is 0 Å². The van der Waals surface area contributed by atoms with E-state index in [1.165, 1.54) is 0 Å². The normalized spacial score (nSPS) is 18.9. The van der Waals surface area contributed by atoms with Crippen LogP contribution in [-0.2, 0) is 14.4 Å². The summed E-state index contributed by atoms with van der Waals surface area (Å²) in [5.74, 6) is -2.25. The lowest BCUT2D eigenvalue weighted by atomic mass is 10.1. The van der Waals surface area contributed by atoms with Crippen molar-refractivity contribution in [1.29, 1.82) is 0 Å². The highest BCUT2D eigenvalue weighted by molar-refractivity contribution is 6.35. The molecule has 0 fully saturated rings. The lowest BCUT2D eigenvalue weighted by Gasteiger charge is -1.94. The average molecular weight is 190 g/mol. The average Bonchev–Trinajstić information content (AvgIpc) is 2.73. The number of carbonyl (C=O) groups excluding carboxylic acids is 3. The Kier molecular flexibility index (Phi) is 1.70. The van der Waals surface area contributed by atoms with Crippen LogP contribution in [0.4, 0.5) is 0 Å². The summed E-state index contributed by atoms with van der Waals surface area (Å²) in [7, 11) is 0. The van der Waals surface area contributed by atoms with Gasteiger partial charge in [0, 0.05) is 0 Å². The lowest BCUT2D eigenvalue weighted by molar-refractivity contribution is -0.120. The maximum atomic E-state index is 11.5. The Morgan fingerprint density at radius 3 is 1.64 bits per heavy atom. The van der Waals surface area contributed by atoms with Gasteiger partial charge in [0.25, 0.3) is 0 Å². The van der Waals surface area contributed by atoms with Crippen LogP contribution in [0.2, 0.25) is 0 Å². The smallest absolute Gasteiger partial charge is 0.288 e. The molecule has 7 heteroatoms. The minimum absolute atomic E-state index is 0.239. The summed E-state index contributed by atoms with van der Waals surface area (Å²) >= 11 is 0. The van der Waals surface area contributed by atoms with Crippen LogP contribution in [0.3, 0.4) is 0 Å². The fraction of sp³-hybridized carbons (Fsp3) is 0. The van der Waals surface area contributed by atoms with E-state index < -0.39 is 17.6 Å². The molecule has 2 aliphatic heterocycles. The number of carbonyl (C=O) groups is 3. The summed E-state index contributed by atoms with van der Waals surface area (Å²) in [6.07, 6.45) is 2.02. The number of nitrogens with zero attached hydrogens (tertiary/aromatic N) is 4. The summed E-state index contributed by atoms with van der Waals surface area (Å²) in [5.41, 5.74) is -0.478. The van der Waals surface area contributed by atoms with E-state index in [9.17, 15) is 14.4 Å². The number of ketones is 1. The molecule has 0 aromatic rings. The van der Waals surface area contributed by atoms with Crippen LogP contribution in [0.25, 0.3) is 0 Å². The first-order chi connectivity index (χ1) is 6.70. The van der Waals surface area contributed by atoms with Crippen molar-refractivity contribution in [3.05, 3.63) is 23.5 Å². The standard InChI is InChI=1S/C7H2N4O3/c12-5(3-1-8-10-6(3)13)4-2-9-11-7(4)14/h1-2H. The third-order valence-corrected chi connectivity index (χ3v) is 1.62. The van der Waals surface area contributed by atoms with Gasteiger partial charge in [-0.05, 0) is 0 Å². The highest BCUT2D eigenvalue weighted by atomic mass is 16.2. The van der Waals surface area contributed by atoms with E-state index in [2.05, 4.69) is 20.5 Å². The second-order valence-electron chi connectivity index (χ2n) is 2.46. The Morgan fingerprint density at radius 1 is 0.929 bits per heavy atom. The van der Waals surface area contributed by atoms with E-state index in [1.807, 2.05) is 0 Å². The third-order valence-electron chi connectivity index (χ3n) is 1.62. The van der Waals surface area contributed by atoms with E-state index >= 15 is 0 Å². The Labute approximate surface area is 76.9 Å². The molecule has 2 heterocycles. The van der Waals surface area contributed by atoms with E-state index in [4.69, 9.17) is 0 Å². The molecular weight excluding hydrogens is 188 g/mol. The fourth-order valence-electron chi connectivity index (χ4n) is 0.953. The molecular formula is C7H2N4O3. The molecule has 2 aliphatic rings. The highest BCUT2D eigenvalue weighted by Gasteiger charge is 2.30. The zero-order chi connectivity index (χ0) is 10.1. The van der Waals surface area contributed by atoms with Crippen molar-refractivity contribution < 1.29 is 14.4 Å². The van der Waals surface area contributed by atoms with Crippen LogP contribution in [0.5, 0.6) is 0 Å². The van der Waals surface area contributed by atoms with Crippen molar-refractivity contribution in [3.8, 4) is 0 Å². The summed E-state index contributed by atoms with van der Waals surface area (Å²) in [6, 6.07) is 0. The van der Waals surface area contributed by atoms with Crippen LogP contribution >= 0.6 is 0 Å². The summed E-state index contributed by atoms with van der Waals surface area (Å²) in [5, 5.41) is 12.7. The van der Waals surface area contributed by atoms with Gasteiger partial charge in [-0.25, -0.2) is 0 Å². The maximum Gasteiger partial charge on any atom is 0.301 e. The topological polar surface area (TPSA) is 101 Å². The minimum atomic E-state index is -0.754. The van der Waals surface area contributed by atoms with Crippen LogP contribution in [0.15, 0.2) is 44.0 Å². The molecule has 2 amide bonds. The number of hydrogen-bond acceptors (Lipinski definition) is 5. The SMILES string of the molecule is O=C1N=NC=C1C(=O)C1=CN=NC1=O. The highest BCUT2D eigenvalue weighted by Crippen LogP contribution is 2.17. The van der Waals surface area contributed by atoms with Crippen LogP contribution in [0.1, 0.15) is 0 Å². The zero-order valence-electron chi connectivity index (χ0n) is 6.67. The molecule has 7 nitrogen and oxygen atoms in total. The van der Waals surface area contributed by atoms with Gasteiger partial charge in [-0.2, -0.15) is 10.2 Å². The predicted octanol–water partition coefficient (Wildman–Crippen LogP) is 0.308. The molecule has 0 atom stereocenters. The van der Waals surface area contributed by atoms with Gasteiger partial charge in [0.1, 0.15) is 11.1 Å². The van der Waals surface area contributed by atoms with Gasteiger partial charge in [0.15, 0.2) is 0 Å². The van der Waals surface area contributed by atoms with Gasteiger partial charge in [0.05, 0.1) is 12.4 Å². The van der Waals surface area contributed by atoms with Crippen molar-refractivity contribution in [1.82, 2.24) is 0 Å². The molecule has 0 aliphatic carbocycles. The third kappa shape index (κ3) is 1.11. The van der Waals surface area contributed by atoms with Gasteiger partial charge < -0.3 is 0 Å². The molecule has 14 heavy (non-hydrogen) atoms. The molecule has 2 rings (SSSR count). The Bertz CT molecular complexity index is 427. The minimum Gasteiger partial charge on any atom is -0.288 e. The predicted molar refractivity (Wildman–Crippen MR) is 40.9 cm³/mol. The van der Waals surface area contributed by atoms with Crippen LogP contribution in [-0.4, -0.2) is 17.6 Å². The van der Waals surface area contributed by atoms with Gasteiger partial charge in [0.2, 0.25) is 5.78 Å². The Hall–Kier alpha value is -2.31. The lowest BCUT2D eigenvalue weighted by Crippen LogP contribution is -2.14. The van der Waals surface area contributed by atoms with Crippen LogP contribution < -0.4 is 0 Å². The van der Waals surface area contributed by atoms with Gasteiger partial charge >= 0.3 is 11.8 Å². The molecule has 0 aromatic carbocycles. The van der Waals surface area contributed by atoms with Crippen LogP contribution in [0, 0.1) is 0 Å². The van der Waals surface area contributed by atoms with E-state index in [1.54, 1.807) is 0 Å². The first kappa shape index (κ1) is 8.30. The molecule has 68 valence electrons. The molecule has 0 saturated carbocycles. The largest absolute Gasteiger partial charge is 0.301 e. The number of hydrogen-bond donors (Lipinski definition) is 0. The molecule has 0 unspecified atom stereocenters. The summed E-state index contributed by atoms with van der Waals surface area (Å²) in [4.78, 5) is 33.3. The monoisotopic (exact) mass is 190 g/mol. The second-order valence-corrected chi connectivity index (χ2v) is 2.46. The zero-order valence-corrected chi connectivity index (χ0v) is 6.67. The van der Waals surface area contributed by atoms with E-state index in [0.717, 1.165) is 12.4 Å². The maximum absolute atomic E-state index is 11.5. The first-order valence-corrected chi connectivity index (χ1v) is 3.55. The molecule has 0 spiro atoms. The van der Waals surface area contributed by atoms with Crippen molar-refractivity contribution in [3.63, 3.8) is 0 Å². The molecule has 0 aromatic heterocycles. The van der Waals surface area contributed by atoms with Crippen molar-refractivity contribution in [2.24, 2.45) is 20.5 Å². The molecule has 0 N–H and O–H groups in total. The number of azo groups is 2. The Morgan fingerprint density at radius 2 is 1.36 bits per heavy atom. The molecule has 0 bridgehead atoms. The number of amides is 2. The number of Topliss-reactive ketones (excluding diaryl/α,β-unsaturated/α-hetero) is 1. The van der Waals surface area contributed by atoms with Gasteiger partial charge in [-0.15, -0.1) is 10.2 Å². The van der Waals surface area contributed by atoms with Gasteiger partial charge in [-0.1, -0.05) is 0 Å². The van der Waals surface area contributed by atoms with Crippen molar-refractivity contribution in [2.45, 2.75) is 0 Å². The Balaban J connectivity index is 2.27.